The minimum Gasteiger partial charge on any atom is -0.367 e. The summed E-state index contributed by atoms with van der Waals surface area (Å²) in [5.41, 5.74) is 2.36. The van der Waals surface area contributed by atoms with Gasteiger partial charge >= 0.3 is 0 Å². The van der Waals surface area contributed by atoms with Crippen molar-refractivity contribution in [3.63, 3.8) is 0 Å². The Bertz CT molecular complexity index is 1570. The maximum Gasteiger partial charge on any atom is 0.244 e. The first-order chi connectivity index (χ1) is 17.2. The quantitative estimate of drug-likeness (QED) is 0.263. The number of nitrogens with one attached hydrogen (secondary N) is 1. The minimum absolute atomic E-state index is 0.0177. The average Bonchev–Trinajstić information content (AvgIpc) is 3.24. The van der Waals surface area contributed by atoms with Crippen molar-refractivity contribution in [2.24, 2.45) is 0 Å². The number of aromatic nitrogens is 3. The lowest BCUT2D eigenvalue weighted by Crippen LogP contribution is -2.42. The molecule has 36 heavy (non-hydrogen) atoms. The van der Waals surface area contributed by atoms with Gasteiger partial charge in [-0.2, -0.15) is 13.9 Å². The van der Waals surface area contributed by atoms with Gasteiger partial charge in [0.2, 0.25) is 10.0 Å². The molecule has 2 aromatic carbocycles. The lowest BCUT2D eigenvalue weighted by atomic mass is 10.0. The predicted molar refractivity (Wildman–Crippen MR) is 146 cm³/mol. The molecular weight excluding hydrogens is 563 g/mol. The number of rotatable bonds is 5. The molecule has 0 atom stereocenters. The molecule has 1 aliphatic heterocycles. The second-order valence-corrected chi connectivity index (χ2v) is 11.8. The summed E-state index contributed by atoms with van der Waals surface area (Å²) in [5.74, 6) is 0.681. The van der Waals surface area contributed by atoms with Crippen molar-refractivity contribution in [3.05, 3.63) is 68.8 Å². The summed E-state index contributed by atoms with van der Waals surface area (Å²) < 4.78 is 29.5. The normalized spacial score (nSPS) is 15.4. The van der Waals surface area contributed by atoms with Crippen molar-refractivity contribution in [2.45, 2.75) is 23.8 Å². The average molecular weight is 581 g/mol. The first-order valence-electron chi connectivity index (χ1n) is 11.0. The lowest BCUT2D eigenvalue weighted by molar-refractivity contribution is 0.329. The van der Waals surface area contributed by atoms with E-state index in [2.05, 4.69) is 15.4 Å². The standard InChI is InChI=1S/C23H18BCl4N5O2S/c24-15-12-29-33-20(11-18(31-23(15)33)14-3-1-2-4-16(14)25)30-13-7-9-32(10-8-13)36(34,35)19-6-5-17(26)21(27)22(19)28/h1-6,11-13,30H,7-10H2. The summed E-state index contributed by atoms with van der Waals surface area (Å²) in [6.07, 6.45) is 2.65. The van der Waals surface area contributed by atoms with Gasteiger partial charge in [-0.1, -0.05) is 64.6 Å². The summed E-state index contributed by atoms with van der Waals surface area (Å²) in [5, 5.41) is 8.54. The Balaban J connectivity index is 1.38. The molecule has 0 saturated carbocycles. The van der Waals surface area contributed by atoms with Crippen LogP contribution in [0.25, 0.3) is 16.9 Å². The van der Waals surface area contributed by atoms with Crippen molar-refractivity contribution in [2.75, 3.05) is 18.4 Å². The van der Waals surface area contributed by atoms with Crippen LogP contribution in [0.5, 0.6) is 0 Å². The molecule has 0 unspecified atom stereocenters. The Morgan fingerprint density at radius 1 is 0.972 bits per heavy atom. The van der Waals surface area contributed by atoms with E-state index in [1.54, 1.807) is 16.8 Å². The summed E-state index contributed by atoms with van der Waals surface area (Å²) in [4.78, 5) is 4.59. The van der Waals surface area contributed by atoms with E-state index in [-0.39, 0.29) is 26.0 Å². The Hall–Kier alpha value is -2.01. The van der Waals surface area contributed by atoms with Crippen molar-refractivity contribution in [3.8, 4) is 11.3 Å². The van der Waals surface area contributed by atoms with Crippen molar-refractivity contribution in [1.82, 2.24) is 18.9 Å². The Labute approximate surface area is 229 Å². The molecule has 0 amide bonds. The van der Waals surface area contributed by atoms with Crippen LogP contribution in [-0.2, 0) is 10.0 Å². The molecule has 7 nitrogen and oxygen atoms in total. The molecule has 1 fully saturated rings. The van der Waals surface area contributed by atoms with Crippen LogP contribution in [0.2, 0.25) is 20.1 Å². The molecule has 4 aromatic rings. The summed E-state index contributed by atoms with van der Waals surface area (Å²) in [7, 11) is 2.27. The third kappa shape index (κ3) is 4.69. The molecule has 1 saturated heterocycles. The monoisotopic (exact) mass is 579 g/mol. The van der Waals surface area contributed by atoms with Gasteiger partial charge in [-0.3, -0.25) is 0 Å². The largest absolute Gasteiger partial charge is 0.367 e. The lowest BCUT2D eigenvalue weighted by Gasteiger charge is -2.32. The molecule has 3 heterocycles. The first-order valence-corrected chi connectivity index (χ1v) is 13.9. The summed E-state index contributed by atoms with van der Waals surface area (Å²) in [6.45, 7) is 0.590. The van der Waals surface area contributed by atoms with Crippen molar-refractivity contribution < 1.29 is 8.42 Å². The molecule has 13 heteroatoms. The molecular formula is C23H18BCl4N5O2S. The number of halogens is 4. The number of nitrogens with zero attached hydrogens (tertiary/aromatic N) is 4. The van der Waals surface area contributed by atoms with Gasteiger partial charge in [-0.15, -0.1) is 0 Å². The van der Waals surface area contributed by atoms with Crippen molar-refractivity contribution >= 4 is 81.2 Å². The van der Waals surface area contributed by atoms with E-state index >= 15 is 0 Å². The van der Waals surface area contributed by atoms with Crippen LogP contribution >= 0.6 is 46.4 Å². The fourth-order valence-corrected chi connectivity index (χ4v) is 6.84. The van der Waals surface area contributed by atoms with Gasteiger partial charge in [0.1, 0.15) is 18.6 Å². The van der Waals surface area contributed by atoms with Crippen LogP contribution < -0.4 is 10.8 Å². The van der Waals surface area contributed by atoms with Crippen LogP contribution in [-0.4, -0.2) is 54.3 Å². The van der Waals surface area contributed by atoms with E-state index in [1.165, 1.54) is 16.4 Å². The SMILES string of the molecule is [B]c1cnn2c(NC3CCN(S(=O)(=O)c4ccc(Cl)c(Cl)c4Cl)CC3)cc(-c3ccccc3Cl)nc12. The molecule has 2 radical (unpaired) electrons. The zero-order valence-corrected chi connectivity index (χ0v) is 22.5. The fourth-order valence-electron chi connectivity index (χ4n) is 4.19. The maximum absolute atomic E-state index is 13.2. The zero-order valence-electron chi connectivity index (χ0n) is 18.6. The number of piperidine rings is 1. The van der Waals surface area contributed by atoms with Crippen LogP contribution in [0, 0.1) is 0 Å². The smallest absolute Gasteiger partial charge is 0.244 e. The van der Waals surface area contributed by atoms with Crippen LogP contribution in [0.4, 0.5) is 5.82 Å². The van der Waals surface area contributed by atoms with E-state index in [1.807, 2.05) is 24.3 Å². The highest BCUT2D eigenvalue weighted by Crippen LogP contribution is 2.37. The van der Waals surface area contributed by atoms with E-state index in [4.69, 9.17) is 54.3 Å². The number of anilines is 1. The molecule has 0 bridgehead atoms. The van der Waals surface area contributed by atoms with E-state index in [0.717, 1.165) is 5.56 Å². The first kappa shape index (κ1) is 25.6. The highest BCUT2D eigenvalue weighted by atomic mass is 35.5. The maximum atomic E-state index is 13.2. The number of sulfonamides is 1. The predicted octanol–water partition coefficient (Wildman–Crippen LogP) is 5.07. The second kappa shape index (κ2) is 10.0. The van der Waals surface area contributed by atoms with Crippen LogP contribution in [0.3, 0.4) is 0 Å². The fraction of sp³-hybridized carbons (Fsp3) is 0.217. The molecule has 184 valence electrons. The Morgan fingerprint density at radius 3 is 2.42 bits per heavy atom. The Kier molecular flexibility index (Phi) is 7.15. The number of hydrogen-bond acceptors (Lipinski definition) is 5. The summed E-state index contributed by atoms with van der Waals surface area (Å²) >= 11 is 24.6. The molecule has 0 aliphatic carbocycles. The van der Waals surface area contributed by atoms with E-state index in [0.29, 0.717) is 53.6 Å². The number of benzene rings is 2. The van der Waals surface area contributed by atoms with Gasteiger partial charge in [0.25, 0.3) is 0 Å². The minimum atomic E-state index is -3.84. The third-order valence-corrected chi connectivity index (χ3v) is 9.75. The van der Waals surface area contributed by atoms with Crippen LogP contribution in [0.1, 0.15) is 12.8 Å². The van der Waals surface area contributed by atoms with E-state index in [9.17, 15) is 8.42 Å². The molecule has 5 rings (SSSR count). The van der Waals surface area contributed by atoms with Gasteiger partial charge < -0.3 is 5.32 Å². The van der Waals surface area contributed by atoms with E-state index < -0.39 is 10.0 Å². The number of fused-ring (bicyclic) bond motifs is 1. The zero-order chi connectivity index (χ0) is 25.6. The highest BCUT2D eigenvalue weighted by molar-refractivity contribution is 7.89. The van der Waals surface area contributed by atoms with Gasteiger partial charge in [0.15, 0.2) is 5.65 Å². The molecule has 2 aromatic heterocycles. The third-order valence-electron chi connectivity index (χ3n) is 6.07. The topological polar surface area (TPSA) is 79.6 Å². The van der Waals surface area contributed by atoms with Gasteiger partial charge in [0.05, 0.1) is 20.8 Å². The molecule has 0 spiro atoms. The Morgan fingerprint density at radius 2 is 1.69 bits per heavy atom. The van der Waals surface area contributed by atoms with Gasteiger partial charge in [0, 0.05) is 42.0 Å². The molecule has 1 aliphatic rings. The van der Waals surface area contributed by atoms with Crippen molar-refractivity contribution in [1.29, 1.82) is 0 Å². The second-order valence-electron chi connectivity index (χ2n) is 8.34. The van der Waals surface area contributed by atoms with Gasteiger partial charge in [-0.25, -0.2) is 13.4 Å². The van der Waals surface area contributed by atoms with Gasteiger partial charge in [-0.05, 0) is 36.5 Å². The number of hydrogen-bond donors (Lipinski definition) is 1. The molecule has 1 N–H and O–H groups in total. The highest BCUT2D eigenvalue weighted by Gasteiger charge is 2.32. The van der Waals surface area contributed by atoms with Crippen LogP contribution in [0.15, 0.2) is 53.6 Å². The summed E-state index contributed by atoms with van der Waals surface area (Å²) in [6, 6.07) is 12.1.